The Morgan fingerprint density at radius 3 is 2.76 bits per heavy atom. The van der Waals surface area contributed by atoms with Crippen LogP contribution < -0.4 is 5.32 Å². The van der Waals surface area contributed by atoms with Gasteiger partial charge in [-0.3, -0.25) is 9.88 Å². The molecule has 17 heavy (non-hydrogen) atoms. The van der Waals surface area contributed by atoms with Crippen molar-refractivity contribution >= 4 is 0 Å². The van der Waals surface area contributed by atoms with Crippen molar-refractivity contribution < 1.29 is 0 Å². The predicted molar refractivity (Wildman–Crippen MR) is 70.8 cm³/mol. The Morgan fingerprint density at radius 1 is 1.41 bits per heavy atom. The van der Waals surface area contributed by atoms with Crippen LogP contribution in [0.5, 0.6) is 0 Å². The van der Waals surface area contributed by atoms with Gasteiger partial charge >= 0.3 is 0 Å². The SMILES string of the molecule is CNCC1CCN(Cc2ccncc2)C1(C)C. The lowest BCUT2D eigenvalue weighted by Crippen LogP contribution is -2.44. The maximum atomic E-state index is 4.07. The van der Waals surface area contributed by atoms with Gasteiger partial charge in [-0.2, -0.15) is 0 Å². The van der Waals surface area contributed by atoms with Crippen LogP contribution in [0.4, 0.5) is 0 Å². The molecule has 2 rings (SSSR count). The summed E-state index contributed by atoms with van der Waals surface area (Å²) in [7, 11) is 2.04. The summed E-state index contributed by atoms with van der Waals surface area (Å²) in [4.78, 5) is 6.66. The molecule has 1 N–H and O–H groups in total. The number of pyridine rings is 1. The lowest BCUT2D eigenvalue weighted by atomic mass is 9.88. The fourth-order valence-electron chi connectivity index (χ4n) is 2.80. The van der Waals surface area contributed by atoms with E-state index in [1.807, 2.05) is 19.4 Å². The lowest BCUT2D eigenvalue weighted by Gasteiger charge is -2.36. The van der Waals surface area contributed by atoms with Crippen molar-refractivity contribution in [3.05, 3.63) is 30.1 Å². The third-order valence-corrected chi connectivity index (χ3v) is 4.13. The Morgan fingerprint density at radius 2 is 2.12 bits per heavy atom. The molecule has 1 fully saturated rings. The molecule has 0 amide bonds. The highest BCUT2D eigenvalue weighted by atomic mass is 15.2. The van der Waals surface area contributed by atoms with Crippen LogP contribution in [0, 0.1) is 5.92 Å². The number of rotatable bonds is 4. The molecular formula is C14H23N3. The quantitative estimate of drug-likeness (QED) is 0.861. The van der Waals surface area contributed by atoms with Crippen molar-refractivity contribution in [1.29, 1.82) is 0 Å². The summed E-state index contributed by atoms with van der Waals surface area (Å²) in [5.41, 5.74) is 1.64. The first-order valence-electron chi connectivity index (χ1n) is 6.43. The normalized spacial score (nSPS) is 24.1. The van der Waals surface area contributed by atoms with Gasteiger partial charge in [0, 0.05) is 24.5 Å². The van der Waals surface area contributed by atoms with Gasteiger partial charge in [0.2, 0.25) is 0 Å². The number of nitrogens with zero attached hydrogens (tertiary/aromatic N) is 2. The second kappa shape index (κ2) is 5.15. The van der Waals surface area contributed by atoms with Crippen LogP contribution in [0.3, 0.4) is 0 Å². The van der Waals surface area contributed by atoms with Gasteiger partial charge in [0.05, 0.1) is 0 Å². The minimum atomic E-state index is 0.284. The molecule has 1 atom stereocenters. The number of hydrogen-bond donors (Lipinski definition) is 1. The maximum absolute atomic E-state index is 4.07. The minimum Gasteiger partial charge on any atom is -0.319 e. The van der Waals surface area contributed by atoms with Crippen LogP contribution in [0.25, 0.3) is 0 Å². The van der Waals surface area contributed by atoms with Gasteiger partial charge in [0.15, 0.2) is 0 Å². The van der Waals surface area contributed by atoms with Crippen LogP contribution in [-0.2, 0) is 6.54 Å². The topological polar surface area (TPSA) is 28.2 Å². The zero-order chi connectivity index (χ0) is 12.3. The van der Waals surface area contributed by atoms with Gasteiger partial charge < -0.3 is 5.32 Å². The molecule has 3 nitrogen and oxygen atoms in total. The first-order valence-corrected chi connectivity index (χ1v) is 6.43. The van der Waals surface area contributed by atoms with E-state index in [-0.39, 0.29) is 5.54 Å². The van der Waals surface area contributed by atoms with Crippen molar-refractivity contribution in [1.82, 2.24) is 15.2 Å². The van der Waals surface area contributed by atoms with E-state index < -0.39 is 0 Å². The van der Waals surface area contributed by atoms with E-state index in [0.29, 0.717) is 0 Å². The number of hydrogen-bond acceptors (Lipinski definition) is 3. The molecule has 94 valence electrons. The molecule has 0 aromatic carbocycles. The highest BCUT2D eigenvalue weighted by Crippen LogP contribution is 2.35. The number of likely N-dealkylation sites (tertiary alicyclic amines) is 1. The molecule has 1 aliphatic heterocycles. The minimum absolute atomic E-state index is 0.284. The highest BCUT2D eigenvalue weighted by Gasteiger charge is 2.40. The molecule has 1 saturated heterocycles. The Bertz CT molecular complexity index is 348. The maximum Gasteiger partial charge on any atom is 0.0271 e. The first kappa shape index (κ1) is 12.5. The Balaban J connectivity index is 2.03. The third-order valence-electron chi connectivity index (χ3n) is 4.13. The van der Waals surface area contributed by atoms with Crippen molar-refractivity contribution in [2.45, 2.75) is 32.4 Å². The molecule has 0 aliphatic carbocycles. The third kappa shape index (κ3) is 2.67. The van der Waals surface area contributed by atoms with Crippen LogP contribution in [0.1, 0.15) is 25.8 Å². The van der Waals surface area contributed by atoms with E-state index in [1.54, 1.807) is 0 Å². The van der Waals surface area contributed by atoms with E-state index in [4.69, 9.17) is 0 Å². The summed E-state index contributed by atoms with van der Waals surface area (Å²) < 4.78 is 0. The summed E-state index contributed by atoms with van der Waals surface area (Å²) in [6.45, 7) is 8.07. The summed E-state index contributed by atoms with van der Waals surface area (Å²) in [5.74, 6) is 0.745. The lowest BCUT2D eigenvalue weighted by molar-refractivity contribution is 0.130. The van der Waals surface area contributed by atoms with Gasteiger partial charge in [0.1, 0.15) is 0 Å². The summed E-state index contributed by atoms with van der Waals surface area (Å²) in [6.07, 6.45) is 5.05. The molecular weight excluding hydrogens is 210 g/mol. The molecule has 3 heteroatoms. The number of nitrogens with one attached hydrogen (secondary N) is 1. The van der Waals surface area contributed by atoms with E-state index in [2.05, 4.69) is 41.2 Å². The molecule has 2 heterocycles. The Labute approximate surface area is 104 Å². The summed E-state index contributed by atoms with van der Waals surface area (Å²) in [5, 5.41) is 3.31. The molecule has 0 radical (unpaired) electrons. The average molecular weight is 233 g/mol. The van der Waals surface area contributed by atoms with Crippen LogP contribution in [0.15, 0.2) is 24.5 Å². The Hall–Kier alpha value is -0.930. The second-order valence-corrected chi connectivity index (χ2v) is 5.47. The fraction of sp³-hybridized carbons (Fsp3) is 0.643. The molecule has 1 unspecified atom stereocenters. The molecule has 0 saturated carbocycles. The standard InChI is InChI=1S/C14H23N3/c1-14(2)13(10-15-3)6-9-17(14)11-12-4-7-16-8-5-12/h4-5,7-8,13,15H,6,9-11H2,1-3H3. The zero-order valence-corrected chi connectivity index (χ0v) is 11.1. The molecule has 0 bridgehead atoms. The van der Waals surface area contributed by atoms with E-state index >= 15 is 0 Å². The van der Waals surface area contributed by atoms with Gasteiger partial charge in [-0.1, -0.05) is 0 Å². The van der Waals surface area contributed by atoms with Crippen LogP contribution in [0.2, 0.25) is 0 Å². The van der Waals surface area contributed by atoms with E-state index in [0.717, 1.165) is 19.0 Å². The molecule has 1 aliphatic rings. The van der Waals surface area contributed by atoms with Crippen LogP contribution >= 0.6 is 0 Å². The predicted octanol–water partition coefficient (Wildman–Crippen LogP) is 1.90. The monoisotopic (exact) mass is 233 g/mol. The second-order valence-electron chi connectivity index (χ2n) is 5.47. The van der Waals surface area contributed by atoms with Crippen molar-refractivity contribution in [3.8, 4) is 0 Å². The first-order chi connectivity index (χ1) is 8.14. The Kier molecular flexibility index (Phi) is 3.79. The van der Waals surface area contributed by atoms with Crippen molar-refractivity contribution in [2.24, 2.45) is 5.92 Å². The summed E-state index contributed by atoms with van der Waals surface area (Å²) >= 11 is 0. The largest absolute Gasteiger partial charge is 0.319 e. The van der Waals surface area contributed by atoms with E-state index in [1.165, 1.54) is 18.5 Å². The molecule has 0 spiro atoms. The van der Waals surface area contributed by atoms with Crippen LogP contribution in [-0.4, -0.2) is 35.6 Å². The summed E-state index contributed by atoms with van der Waals surface area (Å²) in [6, 6.07) is 4.23. The van der Waals surface area contributed by atoms with Gasteiger partial charge in [-0.15, -0.1) is 0 Å². The average Bonchev–Trinajstić information content (AvgIpc) is 2.58. The molecule has 1 aromatic heterocycles. The fourth-order valence-corrected chi connectivity index (χ4v) is 2.80. The van der Waals surface area contributed by atoms with Gasteiger partial charge in [-0.05, 0) is 64.0 Å². The smallest absolute Gasteiger partial charge is 0.0271 e. The van der Waals surface area contributed by atoms with Gasteiger partial charge in [-0.25, -0.2) is 0 Å². The highest BCUT2D eigenvalue weighted by molar-refractivity contribution is 5.11. The van der Waals surface area contributed by atoms with Crippen molar-refractivity contribution in [2.75, 3.05) is 20.1 Å². The van der Waals surface area contributed by atoms with E-state index in [9.17, 15) is 0 Å². The number of aromatic nitrogens is 1. The van der Waals surface area contributed by atoms with Gasteiger partial charge in [0.25, 0.3) is 0 Å². The zero-order valence-electron chi connectivity index (χ0n) is 11.1. The van der Waals surface area contributed by atoms with Crippen molar-refractivity contribution in [3.63, 3.8) is 0 Å². The molecule has 1 aromatic rings.